The van der Waals surface area contributed by atoms with E-state index in [1.807, 2.05) is 24.3 Å². The highest BCUT2D eigenvalue weighted by atomic mass is 16.4. The molecule has 3 rings (SSSR count). The number of carbonyl (C=O) groups is 2. The van der Waals surface area contributed by atoms with Crippen LogP contribution in [0.25, 0.3) is 0 Å². The van der Waals surface area contributed by atoms with Gasteiger partial charge in [-0.25, -0.2) is 9.48 Å². The molecule has 21 heavy (non-hydrogen) atoms. The fourth-order valence-corrected chi connectivity index (χ4v) is 2.49. The highest BCUT2D eigenvalue weighted by Crippen LogP contribution is 2.23. The van der Waals surface area contributed by atoms with Crippen LogP contribution in [-0.2, 0) is 29.1 Å². The van der Waals surface area contributed by atoms with E-state index in [4.69, 9.17) is 0 Å². The molecule has 1 aromatic heterocycles. The molecule has 0 fully saturated rings. The average molecular weight is 287 g/mol. The van der Waals surface area contributed by atoms with Gasteiger partial charge in [-0.3, -0.25) is 4.79 Å². The zero-order valence-corrected chi connectivity index (χ0v) is 11.1. The second-order valence-electron chi connectivity index (χ2n) is 4.86. The molecule has 1 amide bonds. The molecule has 0 bridgehead atoms. The van der Waals surface area contributed by atoms with Gasteiger partial charge in [-0.15, -0.1) is 5.10 Å². The minimum atomic E-state index is -1.01. The van der Waals surface area contributed by atoms with Crippen molar-refractivity contribution in [3.05, 3.63) is 41.7 Å². The molecule has 108 valence electrons. The van der Waals surface area contributed by atoms with Crippen LogP contribution in [0.3, 0.4) is 0 Å². The summed E-state index contributed by atoms with van der Waals surface area (Å²) in [6.07, 6.45) is 1.64. The molecule has 0 unspecified atom stereocenters. The number of benzene rings is 1. The summed E-state index contributed by atoms with van der Waals surface area (Å²) >= 11 is 0. The molecule has 1 aliphatic rings. The van der Waals surface area contributed by atoms with E-state index in [0.717, 1.165) is 11.1 Å². The molecule has 1 aromatic carbocycles. The van der Waals surface area contributed by atoms with Gasteiger partial charge in [0, 0.05) is 13.0 Å². The molecule has 2 aromatic rings. The lowest BCUT2D eigenvalue weighted by Gasteiger charge is -2.34. The van der Waals surface area contributed by atoms with Gasteiger partial charge in [0.1, 0.15) is 18.9 Å². The number of carboxylic acid groups (broad SMARTS) is 1. The quantitative estimate of drug-likeness (QED) is 0.832. The molecule has 0 saturated carbocycles. The van der Waals surface area contributed by atoms with Gasteiger partial charge < -0.3 is 10.0 Å². The predicted octanol–water partition coefficient (Wildman–Crippen LogP) is -0.289. The maximum Gasteiger partial charge on any atom is 0.326 e. The Morgan fingerprint density at radius 1 is 1.29 bits per heavy atom. The number of tetrazole rings is 1. The molecule has 1 atom stereocenters. The molecule has 2 heterocycles. The molecule has 0 aliphatic carbocycles. The molecular formula is C13H13N5O3. The lowest BCUT2D eigenvalue weighted by atomic mass is 9.94. The zero-order chi connectivity index (χ0) is 14.8. The van der Waals surface area contributed by atoms with Crippen molar-refractivity contribution in [2.75, 3.05) is 0 Å². The average Bonchev–Trinajstić information content (AvgIpc) is 2.98. The van der Waals surface area contributed by atoms with Crippen molar-refractivity contribution in [3.63, 3.8) is 0 Å². The molecule has 0 saturated heterocycles. The monoisotopic (exact) mass is 287 g/mol. The van der Waals surface area contributed by atoms with Crippen LogP contribution >= 0.6 is 0 Å². The number of carboxylic acids is 1. The summed E-state index contributed by atoms with van der Waals surface area (Å²) in [5.74, 6) is -1.32. The number of rotatable bonds is 3. The Hall–Kier alpha value is -2.77. The van der Waals surface area contributed by atoms with E-state index >= 15 is 0 Å². The zero-order valence-electron chi connectivity index (χ0n) is 11.1. The lowest BCUT2D eigenvalue weighted by Crippen LogP contribution is -2.49. The molecule has 0 spiro atoms. The van der Waals surface area contributed by atoms with Crippen LogP contribution in [0.4, 0.5) is 0 Å². The van der Waals surface area contributed by atoms with Crippen LogP contribution in [0.1, 0.15) is 11.1 Å². The Morgan fingerprint density at radius 2 is 2.05 bits per heavy atom. The SMILES string of the molecule is O=C(O)[C@H]1Cc2ccccc2CN1C(=O)Cn1cnnn1. The third-order valence-corrected chi connectivity index (χ3v) is 3.54. The van der Waals surface area contributed by atoms with Crippen LogP contribution in [0.2, 0.25) is 0 Å². The van der Waals surface area contributed by atoms with Crippen molar-refractivity contribution in [2.24, 2.45) is 0 Å². The number of nitrogens with zero attached hydrogens (tertiary/aromatic N) is 5. The van der Waals surface area contributed by atoms with Gasteiger partial charge in [0.2, 0.25) is 5.91 Å². The highest BCUT2D eigenvalue weighted by Gasteiger charge is 2.34. The number of aliphatic carboxylic acids is 1. The fourth-order valence-electron chi connectivity index (χ4n) is 2.49. The minimum absolute atomic E-state index is 0.0705. The molecule has 0 radical (unpaired) electrons. The summed E-state index contributed by atoms with van der Waals surface area (Å²) in [4.78, 5) is 25.1. The van der Waals surface area contributed by atoms with Gasteiger partial charge in [-0.05, 0) is 21.6 Å². The van der Waals surface area contributed by atoms with Gasteiger partial charge in [-0.1, -0.05) is 24.3 Å². The first-order valence-electron chi connectivity index (χ1n) is 6.45. The van der Waals surface area contributed by atoms with Gasteiger partial charge in [0.05, 0.1) is 0 Å². The van der Waals surface area contributed by atoms with E-state index in [-0.39, 0.29) is 19.0 Å². The standard InChI is InChI=1S/C13H13N5O3/c19-12(7-17-8-14-15-16-17)18-6-10-4-2-1-3-9(10)5-11(18)13(20)21/h1-4,8,11H,5-7H2,(H,20,21)/t11-/m1/s1. The van der Waals surface area contributed by atoms with Crippen LogP contribution in [0.5, 0.6) is 0 Å². The van der Waals surface area contributed by atoms with Crippen molar-refractivity contribution in [1.29, 1.82) is 0 Å². The van der Waals surface area contributed by atoms with Crippen LogP contribution in [-0.4, -0.2) is 48.1 Å². The smallest absolute Gasteiger partial charge is 0.326 e. The summed E-state index contributed by atoms with van der Waals surface area (Å²) < 4.78 is 1.28. The van der Waals surface area contributed by atoms with Gasteiger partial charge in [0.15, 0.2) is 0 Å². The second-order valence-corrected chi connectivity index (χ2v) is 4.86. The number of hydrogen-bond donors (Lipinski definition) is 1. The van der Waals surface area contributed by atoms with Crippen LogP contribution in [0, 0.1) is 0 Å². The number of fused-ring (bicyclic) bond motifs is 1. The van der Waals surface area contributed by atoms with E-state index in [9.17, 15) is 14.7 Å². The normalized spacial score (nSPS) is 17.3. The third kappa shape index (κ3) is 2.60. The number of aromatic nitrogens is 4. The van der Waals surface area contributed by atoms with Crippen LogP contribution in [0.15, 0.2) is 30.6 Å². The Kier molecular flexibility index (Phi) is 3.35. The summed E-state index contributed by atoms with van der Waals surface area (Å²) in [5.41, 5.74) is 1.94. The van der Waals surface area contributed by atoms with Crippen molar-refractivity contribution < 1.29 is 14.7 Å². The molecule has 8 nitrogen and oxygen atoms in total. The van der Waals surface area contributed by atoms with Crippen molar-refractivity contribution in [2.45, 2.75) is 25.6 Å². The molecule has 8 heteroatoms. The van der Waals surface area contributed by atoms with Crippen molar-refractivity contribution in [1.82, 2.24) is 25.1 Å². The Labute approximate surface area is 120 Å². The van der Waals surface area contributed by atoms with E-state index in [1.165, 1.54) is 15.9 Å². The summed E-state index contributed by atoms with van der Waals surface area (Å²) in [6, 6.07) is 6.70. The number of carbonyl (C=O) groups excluding carboxylic acids is 1. The van der Waals surface area contributed by atoms with E-state index in [1.54, 1.807) is 0 Å². The largest absolute Gasteiger partial charge is 0.480 e. The van der Waals surface area contributed by atoms with E-state index in [2.05, 4.69) is 15.5 Å². The Balaban J connectivity index is 1.85. The van der Waals surface area contributed by atoms with Gasteiger partial charge >= 0.3 is 5.97 Å². The minimum Gasteiger partial charge on any atom is -0.480 e. The first-order valence-corrected chi connectivity index (χ1v) is 6.45. The third-order valence-electron chi connectivity index (χ3n) is 3.54. The second kappa shape index (κ2) is 5.31. The maximum atomic E-state index is 12.3. The molecule has 1 aliphatic heterocycles. The van der Waals surface area contributed by atoms with Gasteiger partial charge in [-0.2, -0.15) is 0 Å². The van der Waals surface area contributed by atoms with Gasteiger partial charge in [0.25, 0.3) is 0 Å². The highest BCUT2D eigenvalue weighted by molar-refractivity contribution is 5.84. The number of amides is 1. The Morgan fingerprint density at radius 3 is 2.71 bits per heavy atom. The summed E-state index contributed by atoms with van der Waals surface area (Å²) in [6.45, 7) is 0.215. The fraction of sp³-hybridized carbons (Fsp3) is 0.308. The number of hydrogen-bond acceptors (Lipinski definition) is 5. The first kappa shape index (κ1) is 13.2. The maximum absolute atomic E-state index is 12.3. The summed E-state index contributed by atoms with van der Waals surface area (Å²) in [7, 11) is 0. The van der Waals surface area contributed by atoms with Crippen LogP contribution < -0.4 is 0 Å². The van der Waals surface area contributed by atoms with Crippen molar-refractivity contribution in [3.8, 4) is 0 Å². The lowest BCUT2D eigenvalue weighted by molar-refractivity contribution is -0.151. The van der Waals surface area contributed by atoms with E-state index in [0.29, 0.717) is 6.42 Å². The van der Waals surface area contributed by atoms with Crippen molar-refractivity contribution >= 4 is 11.9 Å². The summed E-state index contributed by atoms with van der Waals surface area (Å²) in [5, 5.41) is 19.9. The van der Waals surface area contributed by atoms with E-state index < -0.39 is 12.0 Å². The molecular weight excluding hydrogens is 274 g/mol. The molecule has 1 N–H and O–H groups in total. The predicted molar refractivity (Wildman–Crippen MR) is 69.9 cm³/mol. The topological polar surface area (TPSA) is 101 Å². The first-order chi connectivity index (χ1) is 10.1. The Bertz CT molecular complexity index is 670.